The quantitative estimate of drug-likeness (QED) is 0.699. The van der Waals surface area contributed by atoms with Gasteiger partial charge in [-0.05, 0) is 23.8 Å². The van der Waals surface area contributed by atoms with Gasteiger partial charge in [-0.1, -0.05) is 59.1 Å². The smallest absolute Gasteiger partial charge is 0.0184 e. The summed E-state index contributed by atoms with van der Waals surface area (Å²) in [5.41, 5.74) is 2.05. The van der Waals surface area contributed by atoms with Crippen molar-refractivity contribution < 1.29 is 0 Å². The molecule has 0 aromatic heterocycles. The molecule has 0 bridgehead atoms. The summed E-state index contributed by atoms with van der Waals surface area (Å²) in [6.07, 6.45) is 5.69. The number of alkyl halides is 1. The van der Waals surface area contributed by atoms with Crippen LogP contribution in [0, 0.1) is 5.41 Å². The third-order valence-corrected chi connectivity index (χ3v) is 6.01. The van der Waals surface area contributed by atoms with Crippen LogP contribution in [-0.4, -0.2) is 11.1 Å². The Morgan fingerprint density at radius 3 is 2.44 bits per heavy atom. The zero-order valence-corrected chi connectivity index (χ0v) is 12.0. The zero-order valence-electron chi connectivity index (χ0n) is 9.62. The van der Waals surface area contributed by atoms with Gasteiger partial charge in [-0.25, -0.2) is 0 Å². The van der Waals surface area contributed by atoms with E-state index in [1.807, 2.05) is 0 Å². The van der Waals surface area contributed by atoms with Crippen molar-refractivity contribution in [3.63, 3.8) is 0 Å². The lowest BCUT2D eigenvalue weighted by Gasteiger charge is -2.25. The van der Waals surface area contributed by atoms with Crippen molar-refractivity contribution in [1.29, 1.82) is 0 Å². The topological polar surface area (TPSA) is 0 Å². The zero-order chi connectivity index (χ0) is 11.3. The molecule has 0 spiro atoms. The van der Waals surface area contributed by atoms with E-state index < -0.39 is 0 Å². The van der Waals surface area contributed by atoms with E-state index in [4.69, 9.17) is 0 Å². The minimum absolute atomic E-state index is 0.597. The van der Waals surface area contributed by atoms with Gasteiger partial charge >= 0.3 is 0 Å². The number of halogens is 1. The molecular weight excluding hydrogens is 280 g/mol. The van der Waals surface area contributed by atoms with E-state index in [-0.39, 0.29) is 0 Å². The van der Waals surface area contributed by atoms with Crippen molar-refractivity contribution in [2.45, 2.75) is 31.4 Å². The monoisotopic (exact) mass is 298 g/mol. The summed E-state index contributed by atoms with van der Waals surface area (Å²) in [5.74, 6) is 2.47. The van der Waals surface area contributed by atoms with Gasteiger partial charge in [-0.15, -0.1) is 0 Å². The molecule has 1 saturated carbocycles. The third-order valence-electron chi connectivity index (χ3n) is 3.47. The molecule has 0 aliphatic heterocycles. The summed E-state index contributed by atoms with van der Waals surface area (Å²) in [5, 5.41) is 1.18. The van der Waals surface area contributed by atoms with E-state index in [1.54, 1.807) is 0 Å². The highest BCUT2D eigenvalue weighted by Gasteiger charge is 2.32. The molecule has 0 nitrogen and oxygen atoms in total. The average molecular weight is 299 g/mol. The molecule has 0 heterocycles. The SMILES string of the molecule is BrCC1(CSCc2ccccc2)CCCC1. The highest BCUT2D eigenvalue weighted by atomic mass is 79.9. The van der Waals surface area contributed by atoms with Gasteiger partial charge in [0, 0.05) is 16.8 Å². The fraction of sp³-hybridized carbons (Fsp3) is 0.571. The van der Waals surface area contributed by atoms with E-state index >= 15 is 0 Å². The maximum absolute atomic E-state index is 3.71. The summed E-state index contributed by atoms with van der Waals surface area (Å²) < 4.78 is 0. The van der Waals surface area contributed by atoms with Gasteiger partial charge in [0.15, 0.2) is 0 Å². The van der Waals surface area contributed by atoms with Gasteiger partial charge in [0.25, 0.3) is 0 Å². The maximum Gasteiger partial charge on any atom is 0.0184 e. The Bertz CT molecular complexity index is 304. The van der Waals surface area contributed by atoms with Gasteiger partial charge in [0.05, 0.1) is 0 Å². The van der Waals surface area contributed by atoms with Crippen LogP contribution in [0.5, 0.6) is 0 Å². The van der Waals surface area contributed by atoms with Gasteiger partial charge in [0.2, 0.25) is 0 Å². The maximum atomic E-state index is 3.71. The van der Waals surface area contributed by atoms with Crippen LogP contribution in [0.25, 0.3) is 0 Å². The number of hydrogen-bond acceptors (Lipinski definition) is 1. The van der Waals surface area contributed by atoms with Crippen molar-refractivity contribution >= 4 is 27.7 Å². The summed E-state index contributed by atoms with van der Waals surface area (Å²) in [6, 6.07) is 10.8. The molecule has 88 valence electrons. The van der Waals surface area contributed by atoms with Crippen molar-refractivity contribution in [2.24, 2.45) is 5.41 Å². The number of thioether (sulfide) groups is 1. The molecular formula is C14H19BrS. The molecule has 16 heavy (non-hydrogen) atoms. The summed E-state index contributed by atoms with van der Waals surface area (Å²) in [6.45, 7) is 0. The fourth-order valence-electron chi connectivity index (χ4n) is 2.40. The molecule has 1 fully saturated rings. The molecule has 2 heteroatoms. The van der Waals surface area contributed by atoms with E-state index in [1.165, 1.54) is 42.3 Å². The lowest BCUT2D eigenvalue weighted by molar-refractivity contribution is 0.405. The largest absolute Gasteiger partial charge is 0.157 e. The first-order valence-corrected chi connectivity index (χ1v) is 8.30. The third kappa shape index (κ3) is 3.27. The molecule has 1 aromatic carbocycles. The van der Waals surface area contributed by atoms with Crippen LogP contribution in [0.15, 0.2) is 30.3 Å². The van der Waals surface area contributed by atoms with Crippen LogP contribution in [0.1, 0.15) is 31.2 Å². The van der Waals surface area contributed by atoms with Crippen molar-refractivity contribution in [2.75, 3.05) is 11.1 Å². The highest BCUT2D eigenvalue weighted by Crippen LogP contribution is 2.42. The highest BCUT2D eigenvalue weighted by molar-refractivity contribution is 9.09. The van der Waals surface area contributed by atoms with Crippen molar-refractivity contribution in [3.05, 3.63) is 35.9 Å². The Morgan fingerprint density at radius 1 is 1.12 bits per heavy atom. The van der Waals surface area contributed by atoms with Crippen LogP contribution in [0.2, 0.25) is 0 Å². The number of rotatable bonds is 5. The predicted octanol–water partition coefficient (Wildman–Crippen LogP) is 4.88. The second-order valence-corrected chi connectivity index (χ2v) is 6.37. The second kappa shape index (κ2) is 6.11. The average Bonchev–Trinajstić information content (AvgIpc) is 2.80. The van der Waals surface area contributed by atoms with Crippen LogP contribution in [0.4, 0.5) is 0 Å². The minimum Gasteiger partial charge on any atom is -0.157 e. The van der Waals surface area contributed by atoms with Crippen molar-refractivity contribution in [3.8, 4) is 0 Å². The first kappa shape index (κ1) is 12.5. The minimum atomic E-state index is 0.597. The van der Waals surface area contributed by atoms with Gasteiger partial charge in [-0.3, -0.25) is 0 Å². The first-order valence-electron chi connectivity index (χ1n) is 6.02. The van der Waals surface area contributed by atoms with E-state index in [0.29, 0.717) is 5.41 Å². The second-order valence-electron chi connectivity index (χ2n) is 4.82. The molecule has 1 aliphatic carbocycles. The Hall–Kier alpha value is 0.0500. The molecule has 0 saturated heterocycles. The van der Waals surface area contributed by atoms with Crippen LogP contribution >= 0.6 is 27.7 Å². The number of hydrogen-bond donors (Lipinski definition) is 0. The molecule has 2 rings (SSSR count). The van der Waals surface area contributed by atoms with E-state index in [9.17, 15) is 0 Å². The van der Waals surface area contributed by atoms with E-state index in [2.05, 4.69) is 58.0 Å². The molecule has 1 aliphatic rings. The lowest BCUT2D eigenvalue weighted by atomic mass is 9.92. The van der Waals surface area contributed by atoms with E-state index in [0.717, 1.165) is 5.75 Å². The van der Waals surface area contributed by atoms with Crippen molar-refractivity contribution in [1.82, 2.24) is 0 Å². The molecule has 1 aromatic rings. The first-order chi connectivity index (χ1) is 7.85. The predicted molar refractivity (Wildman–Crippen MR) is 77.3 cm³/mol. The Labute approximate surface area is 111 Å². The molecule has 0 radical (unpaired) electrons. The Kier molecular flexibility index (Phi) is 4.78. The van der Waals surface area contributed by atoms with Crippen LogP contribution < -0.4 is 0 Å². The Morgan fingerprint density at radius 2 is 1.81 bits per heavy atom. The van der Waals surface area contributed by atoms with Gasteiger partial charge in [0.1, 0.15) is 0 Å². The normalized spacial score (nSPS) is 18.8. The lowest BCUT2D eigenvalue weighted by Crippen LogP contribution is -2.21. The number of benzene rings is 1. The molecule has 0 unspecified atom stereocenters. The molecule has 0 atom stereocenters. The summed E-state index contributed by atoms with van der Waals surface area (Å²) in [4.78, 5) is 0. The van der Waals surface area contributed by atoms with Crippen LogP contribution in [0.3, 0.4) is 0 Å². The molecule has 0 N–H and O–H groups in total. The fourth-order valence-corrected chi connectivity index (χ4v) is 4.78. The molecule has 0 amide bonds. The van der Waals surface area contributed by atoms with Gasteiger partial charge < -0.3 is 0 Å². The van der Waals surface area contributed by atoms with Crippen LogP contribution in [-0.2, 0) is 5.75 Å². The summed E-state index contributed by atoms with van der Waals surface area (Å²) >= 11 is 5.80. The van der Waals surface area contributed by atoms with Gasteiger partial charge in [-0.2, -0.15) is 11.8 Å². The summed E-state index contributed by atoms with van der Waals surface area (Å²) in [7, 11) is 0. The standard InChI is InChI=1S/C14H19BrS/c15-11-14(8-4-5-9-14)12-16-10-13-6-2-1-3-7-13/h1-3,6-7H,4-5,8-12H2. The Balaban J connectivity index is 1.79.